The van der Waals surface area contributed by atoms with Crippen LogP contribution in [0.3, 0.4) is 0 Å². The van der Waals surface area contributed by atoms with E-state index in [2.05, 4.69) is 0 Å². The van der Waals surface area contributed by atoms with E-state index >= 15 is 0 Å². The van der Waals surface area contributed by atoms with Gasteiger partial charge in [-0.15, -0.1) is 0 Å². The fourth-order valence-corrected chi connectivity index (χ4v) is 4.30. The molecule has 1 amide bonds. The van der Waals surface area contributed by atoms with Gasteiger partial charge in [-0.05, 0) is 49.2 Å². The molecule has 1 aliphatic heterocycles. The number of rotatable bonds is 3. The van der Waals surface area contributed by atoms with E-state index in [4.69, 9.17) is 4.74 Å². The second-order valence-electron chi connectivity index (χ2n) is 6.32. The highest BCUT2D eigenvalue weighted by Crippen LogP contribution is 2.21. The number of hydrogen-bond acceptors (Lipinski definition) is 4. The maximum absolute atomic E-state index is 12.8. The molecular weight excluding hydrogens is 352 g/mol. The number of aryl methyl sites for hydroxylation is 2. The number of carbonyl (C=O) groups excluding carboxylic acids is 1. The van der Waals surface area contributed by atoms with Crippen LogP contribution >= 0.6 is 0 Å². The van der Waals surface area contributed by atoms with Gasteiger partial charge in [-0.25, -0.2) is 13.2 Å². The SMILES string of the molecule is Cc1ccc(S(=O)(=O)N2CCN(C(=O)Oc3ccccc3)CC2)cc1C. The zero-order valence-electron chi connectivity index (χ0n) is 14.9. The van der Waals surface area contributed by atoms with Gasteiger partial charge >= 0.3 is 6.09 Å². The third-order valence-corrected chi connectivity index (χ3v) is 6.46. The molecule has 0 N–H and O–H groups in total. The van der Waals surface area contributed by atoms with E-state index in [1.165, 1.54) is 9.21 Å². The number of sulfonamides is 1. The zero-order chi connectivity index (χ0) is 18.7. The molecule has 6 nitrogen and oxygen atoms in total. The highest BCUT2D eigenvalue weighted by molar-refractivity contribution is 7.89. The van der Waals surface area contributed by atoms with Gasteiger partial charge in [0.15, 0.2) is 0 Å². The van der Waals surface area contributed by atoms with Gasteiger partial charge in [0.2, 0.25) is 10.0 Å². The van der Waals surface area contributed by atoms with Crippen molar-refractivity contribution in [1.82, 2.24) is 9.21 Å². The molecule has 0 atom stereocenters. The molecule has 7 heteroatoms. The molecule has 1 heterocycles. The molecule has 2 aromatic carbocycles. The average molecular weight is 374 g/mol. The van der Waals surface area contributed by atoms with E-state index in [1.807, 2.05) is 26.0 Å². The molecule has 138 valence electrons. The Morgan fingerprint density at radius 2 is 1.58 bits per heavy atom. The Bertz CT molecular complexity index is 889. The van der Waals surface area contributed by atoms with Crippen LogP contribution in [-0.4, -0.2) is 49.9 Å². The Morgan fingerprint density at radius 1 is 0.923 bits per heavy atom. The van der Waals surface area contributed by atoms with Crippen molar-refractivity contribution in [3.63, 3.8) is 0 Å². The maximum atomic E-state index is 12.8. The van der Waals surface area contributed by atoms with Crippen molar-refractivity contribution in [2.45, 2.75) is 18.7 Å². The molecule has 3 rings (SSSR count). The minimum Gasteiger partial charge on any atom is -0.410 e. The summed E-state index contributed by atoms with van der Waals surface area (Å²) >= 11 is 0. The molecule has 2 aromatic rings. The standard InChI is InChI=1S/C19H22N2O4S/c1-15-8-9-18(14-16(15)2)26(23,24)21-12-10-20(11-13-21)19(22)25-17-6-4-3-5-7-17/h3-9,14H,10-13H2,1-2H3. The third kappa shape index (κ3) is 3.89. The Morgan fingerprint density at radius 3 is 2.19 bits per heavy atom. The summed E-state index contributed by atoms with van der Waals surface area (Å²) in [5.41, 5.74) is 1.99. The molecule has 0 aromatic heterocycles. The van der Waals surface area contributed by atoms with Crippen molar-refractivity contribution in [2.75, 3.05) is 26.2 Å². The molecule has 0 aliphatic carbocycles. The van der Waals surface area contributed by atoms with Crippen LogP contribution in [0.25, 0.3) is 0 Å². The summed E-state index contributed by atoms with van der Waals surface area (Å²) in [6, 6.07) is 14.0. The van der Waals surface area contributed by atoms with Gasteiger partial charge in [-0.1, -0.05) is 24.3 Å². The van der Waals surface area contributed by atoms with E-state index in [0.717, 1.165) is 11.1 Å². The molecule has 1 aliphatic rings. The van der Waals surface area contributed by atoms with Crippen LogP contribution in [0.4, 0.5) is 4.79 Å². The summed E-state index contributed by atoms with van der Waals surface area (Å²) in [4.78, 5) is 14.0. The minimum atomic E-state index is -3.55. The van der Waals surface area contributed by atoms with Gasteiger partial charge < -0.3 is 9.64 Å². The summed E-state index contributed by atoms with van der Waals surface area (Å²) < 4.78 is 32.3. The summed E-state index contributed by atoms with van der Waals surface area (Å²) in [5.74, 6) is 0.475. The van der Waals surface area contributed by atoms with Crippen LogP contribution in [0.2, 0.25) is 0 Å². The molecular formula is C19H22N2O4S. The summed E-state index contributed by atoms with van der Waals surface area (Å²) in [6.07, 6.45) is -0.459. The van der Waals surface area contributed by atoms with Gasteiger partial charge in [-0.2, -0.15) is 4.31 Å². The van der Waals surface area contributed by atoms with Gasteiger partial charge in [0.1, 0.15) is 5.75 Å². The van der Waals surface area contributed by atoms with E-state index in [9.17, 15) is 13.2 Å². The average Bonchev–Trinajstić information content (AvgIpc) is 2.65. The van der Waals surface area contributed by atoms with Gasteiger partial charge in [0.05, 0.1) is 4.90 Å². The number of ether oxygens (including phenoxy) is 1. The van der Waals surface area contributed by atoms with Crippen molar-refractivity contribution in [3.8, 4) is 5.75 Å². The fraction of sp³-hybridized carbons (Fsp3) is 0.316. The summed E-state index contributed by atoms with van der Waals surface area (Å²) in [7, 11) is -3.55. The van der Waals surface area contributed by atoms with E-state index in [1.54, 1.807) is 36.4 Å². The van der Waals surface area contributed by atoms with Crippen LogP contribution in [0.15, 0.2) is 53.4 Å². The van der Waals surface area contributed by atoms with Crippen LogP contribution < -0.4 is 4.74 Å². The molecule has 1 fully saturated rings. The molecule has 0 radical (unpaired) electrons. The number of carbonyl (C=O) groups is 1. The van der Waals surface area contributed by atoms with Crippen molar-refractivity contribution in [3.05, 3.63) is 59.7 Å². The first-order chi connectivity index (χ1) is 12.4. The van der Waals surface area contributed by atoms with Crippen LogP contribution in [0.1, 0.15) is 11.1 Å². The lowest BCUT2D eigenvalue weighted by molar-refractivity contribution is 0.132. The number of nitrogens with zero attached hydrogens (tertiary/aromatic N) is 2. The summed E-state index contributed by atoms with van der Waals surface area (Å²) in [6.45, 7) is 4.94. The molecule has 26 heavy (non-hydrogen) atoms. The van der Waals surface area contributed by atoms with Gasteiger partial charge in [0, 0.05) is 26.2 Å². The van der Waals surface area contributed by atoms with Crippen molar-refractivity contribution >= 4 is 16.1 Å². The van der Waals surface area contributed by atoms with Gasteiger partial charge in [0.25, 0.3) is 0 Å². The normalized spacial score (nSPS) is 15.7. The second-order valence-corrected chi connectivity index (χ2v) is 8.26. The van der Waals surface area contributed by atoms with E-state index in [0.29, 0.717) is 23.7 Å². The molecule has 0 bridgehead atoms. The second kappa shape index (κ2) is 7.47. The Kier molecular flexibility index (Phi) is 5.29. The number of amides is 1. The van der Waals surface area contributed by atoms with Crippen LogP contribution in [-0.2, 0) is 10.0 Å². The number of hydrogen-bond donors (Lipinski definition) is 0. The summed E-state index contributed by atoms with van der Waals surface area (Å²) in [5, 5.41) is 0. The first kappa shape index (κ1) is 18.4. The highest BCUT2D eigenvalue weighted by atomic mass is 32.2. The molecule has 0 saturated carbocycles. The predicted octanol–water partition coefficient (Wildman–Crippen LogP) is 2.81. The maximum Gasteiger partial charge on any atom is 0.415 e. The topological polar surface area (TPSA) is 66.9 Å². The Hall–Kier alpha value is -2.38. The Balaban J connectivity index is 1.64. The lowest BCUT2D eigenvalue weighted by atomic mass is 10.1. The third-order valence-electron chi connectivity index (χ3n) is 4.56. The number of para-hydroxylation sites is 1. The quantitative estimate of drug-likeness (QED) is 0.829. The number of benzene rings is 2. The highest BCUT2D eigenvalue weighted by Gasteiger charge is 2.31. The lowest BCUT2D eigenvalue weighted by Crippen LogP contribution is -2.51. The Labute approximate surface area is 154 Å². The monoisotopic (exact) mass is 374 g/mol. The van der Waals surface area contributed by atoms with Gasteiger partial charge in [-0.3, -0.25) is 0 Å². The van der Waals surface area contributed by atoms with E-state index in [-0.39, 0.29) is 13.1 Å². The van der Waals surface area contributed by atoms with Crippen molar-refractivity contribution in [1.29, 1.82) is 0 Å². The van der Waals surface area contributed by atoms with Crippen LogP contribution in [0.5, 0.6) is 5.75 Å². The fourth-order valence-electron chi connectivity index (χ4n) is 2.79. The number of piperazine rings is 1. The largest absolute Gasteiger partial charge is 0.415 e. The molecule has 0 spiro atoms. The molecule has 0 unspecified atom stereocenters. The lowest BCUT2D eigenvalue weighted by Gasteiger charge is -2.33. The minimum absolute atomic E-state index is 0.249. The first-order valence-corrected chi connectivity index (χ1v) is 9.91. The van der Waals surface area contributed by atoms with Crippen molar-refractivity contribution < 1.29 is 17.9 Å². The van der Waals surface area contributed by atoms with Crippen LogP contribution in [0, 0.1) is 13.8 Å². The van der Waals surface area contributed by atoms with Crippen molar-refractivity contribution in [2.24, 2.45) is 0 Å². The first-order valence-electron chi connectivity index (χ1n) is 8.47. The predicted molar refractivity (Wildman–Crippen MR) is 98.7 cm³/mol. The smallest absolute Gasteiger partial charge is 0.410 e. The molecule has 1 saturated heterocycles. The zero-order valence-corrected chi connectivity index (χ0v) is 15.7. The van der Waals surface area contributed by atoms with E-state index < -0.39 is 16.1 Å².